The van der Waals surface area contributed by atoms with Gasteiger partial charge in [0.15, 0.2) is 0 Å². The molecule has 0 aromatic heterocycles. The largest absolute Gasteiger partial charge is 0.455 e. The second-order valence-electron chi connectivity index (χ2n) is 14.1. The fourth-order valence-corrected chi connectivity index (χ4v) is 8.21. The van der Waals surface area contributed by atoms with Crippen molar-refractivity contribution < 1.29 is 38.5 Å². The van der Waals surface area contributed by atoms with Crippen LogP contribution >= 0.6 is 0 Å². The molecule has 5 aliphatic rings. The van der Waals surface area contributed by atoms with Crippen molar-refractivity contribution in [2.24, 2.45) is 11.8 Å². The Bertz CT molecular complexity index is 1430. The molecule has 0 saturated carbocycles. The van der Waals surface area contributed by atoms with E-state index in [1.807, 2.05) is 55.5 Å². The first-order chi connectivity index (χ1) is 24.3. The number of amides is 3. The molecule has 1 aromatic rings. The van der Waals surface area contributed by atoms with Crippen LogP contribution in [0, 0.1) is 11.8 Å². The zero-order chi connectivity index (χ0) is 35.3. The predicted octanol–water partition coefficient (Wildman–Crippen LogP) is 2.33. The summed E-state index contributed by atoms with van der Waals surface area (Å²) >= 11 is 0. The molecule has 3 saturated heterocycles. The molecular weight excluding hydrogens is 640 g/mol. The molecule has 50 heavy (non-hydrogen) atoms. The Balaban J connectivity index is 1.35. The van der Waals surface area contributed by atoms with Gasteiger partial charge in [-0.15, -0.1) is 0 Å². The average molecular weight is 693 g/mol. The first kappa shape index (κ1) is 36.2. The average Bonchev–Trinajstić information content (AvgIpc) is 3.52. The molecule has 5 heterocycles. The van der Waals surface area contributed by atoms with E-state index in [1.54, 1.807) is 27.8 Å². The van der Waals surface area contributed by atoms with Crippen molar-refractivity contribution in [3.05, 3.63) is 60.2 Å². The van der Waals surface area contributed by atoms with Gasteiger partial charge in [-0.2, -0.15) is 0 Å². The van der Waals surface area contributed by atoms with E-state index in [-0.39, 0.29) is 30.7 Å². The summed E-state index contributed by atoms with van der Waals surface area (Å²) in [4.78, 5) is 64.5. The van der Waals surface area contributed by atoms with Crippen molar-refractivity contribution in [1.29, 1.82) is 0 Å². The van der Waals surface area contributed by atoms with Gasteiger partial charge in [-0.3, -0.25) is 24.1 Å². The van der Waals surface area contributed by atoms with Crippen molar-refractivity contribution >= 4 is 23.7 Å². The number of likely N-dealkylation sites (N-methyl/N-ethyl adjacent to an activating group) is 1. The number of rotatable bonds is 10. The summed E-state index contributed by atoms with van der Waals surface area (Å²) in [5.74, 6) is -3.11. The minimum atomic E-state index is -1.37. The van der Waals surface area contributed by atoms with Crippen LogP contribution in [0.2, 0.25) is 0 Å². The van der Waals surface area contributed by atoms with Crippen molar-refractivity contribution in [3.63, 3.8) is 0 Å². The number of ether oxygens (including phenoxy) is 3. The smallest absolute Gasteiger partial charge is 0.313 e. The fourth-order valence-electron chi connectivity index (χ4n) is 8.21. The Labute approximate surface area is 295 Å². The van der Waals surface area contributed by atoms with E-state index in [0.717, 1.165) is 31.5 Å². The molecule has 3 fully saturated rings. The van der Waals surface area contributed by atoms with Crippen LogP contribution in [-0.4, -0.2) is 138 Å². The van der Waals surface area contributed by atoms with Crippen LogP contribution in [-0.2, 0) is 33.4 Å². The number of nitrogens with zero attached hydrogens (tertiary/aromatic N) is 4. The number of carbonyl (C=O) groups is 4. The maximum absolute atomic E-state index is 14.7. The molecule has 0 aliphatic carbocycles. The highest BCUT2D eigenvalue weighted by Crippen LogP contribution is 2.53. The summed E-state index contributed by atoms with van der Waals surface area (Å²) < 4.78 is 18.7. The number of esters is 1. The maximum atomic E-state index is 14.7. The Morgan fingerprint density at radius 3 is 2.44 bits per heavy atom. The quantitative estimate of drug-likeness (QED) is 0.223. The molecule has 7 atom stereocenters. The highest BCUT2D eigenvalue weighted by atomic mass is 16.6. The monoisotopic (exact) mass is 692 g/mol. The highest BCUT2D eigenvalue weighted by Gasteiger charge is 2.71. The lowest BCUT2D eigenvalue weighted by atomic mass is 9.77. The lowest BCUT2D eigenvalue weighted by Crippen LogP contribution is -2.56. The lowest BCUT2D eigenvalue weighted by molar-refractivity contribution is -0.164. The number of unbranched alkanes of at least 4 members (excludes halogenated alkanes) is 3. The highest BCUT2D eigenvalue weighted by molar-refractivity contribution is 5.99. The second kappa shape index (κ2) is 16.2. The molecule has 6 rings (SSSR count). The first-order valence-corrected chi connectivity index (χ1v) is 18.3. The molecule has 12 heteroatoms. The molecule has 5 aliphatic heterocycles. The number of benzene rings is 1. The minimum Gasteiger partial charge on any atom is -0.455 e. The molecule has 0 unspecified atom stereocenters. The zero-order valence-electron chi connectivity index (χ0n) is 29.4. The molecule has 272 valence electrons. The van der Waals surface area contributed by atoms with E-state index < -0.39 is 47.7 Å². The molecule has 0 bridgehead atoms. The zero-order valence-corrected chi connectivity index (χ0v) is 29.4. The number of likely N-dealkylation sites (tertiary alicyclic amines) is 1. The van der Waals surface area contributed by atoms with Gasteiger partial charge in [0.1, 0.15) is 23.7 Å². The van der Waals surface area contributed by atoms with E-state index in [1.165, 1.54) is 0 Å². The van der Waals surface area contributed by atoms with Gasteiger partial charge in [-0.05, 0) is 31.7 Å². The van der Waals surface area contributed by atoms with E-state index in [9.17, 15) is 24.3 Å². The molecule has 0 radical (unpaired) electrons. The summed E-state index contributed by atoms with van der Waals surface area (Å²) in [6.07, 6.45) is 9.40. The number of morpholine rings is 1. The number of allylic oxidation sites excluding steroid dienone is 1. The normalized spacial score (nSPS) is 32.9. The number of carbonyl (C=O) groups excluding carboxylic acids is 4. The summed E-state index contributed by atoms with van der Waals surface area (Å²) in [5.41, 5.74) is -0.627. The third-order valence-corrected chi connectivity index (χ3v) is 11.1. The van der Waals surface area contributed by atoms with Gasteiger partial charge in [0.25, 0.3) is 0 Å². The summed E-state index contributed by atoms with van der Waals surface area (Å²) in [5, 5.41) is 9.29. The number of aliphatic hydroxyl groups excluding tert-OH is 1. The standard InChI is InChI=1S/C38H52N4O8/c1-27-33(28-13-6-5-7-14-28)49-37(47)31-29(15-8-9-16-30(44)39(27)2)50-38-17-12-18-41(21-20-40-22-25-48-26-23-40)36(46)34(38)42(35(45)32(31)38)19-10-3-4-11-24-43/h5-8,12-15,17,27,29,31-34,43H,3-4,9-11,16,18-26H2,1-2H3/b15-8-/t27-,29-,31+,32+,33+,34-,38+/m0/s1. The Kier molecular flexibility index (Phi) is 11.7. The van der Waals surface area contributed by atoms with Crippen LogP contribution in [0.3, 0.4) is 0 Å². The van der Waals surface area contributed by atoms with E-state index in [0.29, 0.717) is 58.7 Å². The number of fused-ring (bicyclic) bond motifs is 2. The van der Waals surface area contributed by atoms with Crippen molar-refractivity contribution in [3.8, 4) is 0 Å². The van der Waals surface area contributed by atoms with E-state index in [4.69, 9.17) is 14.2 Å². The number of hydrogen-bond donors (Lipinski definition) is 1. The Morgan fingerprint density at radius 1 is 0.920 bits per heavy atom. The van der Waals surface area contributed by atoms with Crippen molar-refractivity contribution in [2.45, 2.75) is 75.3 Å². The van der Waals surface area contributed by atoms with E-state index in [2.05, 4.69) is 4.90 Å². The first-order valence-electron chi connectivity index (χ1n) is 18.3. The van der Waals surface area contributed by atoms with Gasteiger partial charge < -0.3 is 34.0 Å². The SMILES string of the molecule is C[C@H]1[C@H](c2ccccc2)OC(=O)[C@@H]2[C@H](/C=C\CCC(=O)N1C)O[C@@]13C=CCN(CCN4CCOCC4)C(=O)[C@@H]1N(CCCCCCO)C(=O)[C@@H]23. The van der Waals surface area contributed by atoms with Crippen LogP contribution in [0.5, 0.6) is 0 Å². The third-order valence-electron chi connectivity index (χ3n) is 11.1. The number of cyclic esters (lactones) is 1. The number of aliphatic hydroxyl groups is 1. The van der Waals surface area contributed by atoms with E-state index >= 15 is 0 Å². The summed E-state index contributed by atoms with van der Waals surface area (Å²) in [6.45, 7) is 6.79. The second-order valence-corrected chi connectivity index (χ2v) is 14.1. The van der Waals surface area contributed by atoms with Gasteiger partial charge >= 0.3 is 5.97 Å². The van der Waals surface area contributed by atoms with Crippen LogP contribution in [0.25, 0.3) is 0 Å². The van der Waals surface area contributed by atoms with Crippen LogP contribution in [0.15, 0.2) is 54.6 Å². The molecule has 1 spiro atoms. The van der Waals surface area contributed by atoms with Crippen LogP contribution < -0.4 is 0 Å². The van der Waals surface area contributed by atoms with Gasteiger partial charge in [-0.1, -0.05) is 67.5 Å². The van der Waals surface area contributed by atoms with Gasteiger partial charge in [0, 0.05) is 59.3 Å². The van der Waals surface area contributed by atoms with Crippen LogP contribution in [0.1, 0.15) is 57.1 Å². The van der Waals surface area contributed by atoms with Gasteiger partial charge in [0.05, 0.1) is 31.3 Å². The molecule has 1 N–H and O–H groups in total. The molecule has 12 nitrogen and oxygen atoms in total. The molecular formula is C38H52N4O8. The topological polar surface area (TPSA) is 129 Å². The lowest BCUT2D eigenvalue weighted by Gasteiger charge is -2.36. The summed E-state index contributed by atoms with van der Waals surface area (Å²) in [6, 6.07) is 7.93. The number of hydrogen-bond acceptors (Lipinski definition) is 9. The maximum Gasteiger partial charge on any atom is 0.313 e. The summed E-state index contributed by atoms with van der Waals surface area (Å²) in [7, 11) is 1.72. The van der Waals surface area contributed by atoms with Gasteiger partial charge in [-0.25, -0.2) is 0 Å². The Morgan fingerprint density at radius 2 is 1.68 bits per heavy atom. The third kappa shape index (κ3) is 7.26. The van der Waals surface area contributed by atoms with Gasteiger partial charge in [0.2, 0.25) is 17.7 Å². The minimum absolute atomic E-state index is 0.0709. The van der Waals surface area contributed by atoms with Crippen molar-refractivity contribution in [2.75, 3.05) is 66.1 Å². The molecule has 3 amide bonds. The predicted molar refractivity (Wildman–Crippen MR) is 184 cm³/mol. The van der Waals surface area contributed by atoms with Crippen molar-refractivity contribution in [1.82, 2.24) is 19.6 Å². The van der Waals surface area contributed by atoms with Crippen LogP contribution in [0.4, 0.5) is 0 Å². The fraction of sp³-hybridized carbons (Fsp3) is 0.632. The molecule has 1 aromatic carbocycles. The Hall–Kier alpha value is -3.58.